The van der Waals surface area contributed by atoms with Gasteiger partial charge in [-0.05, 0) is 43.5 Å². The normalized spacial score (nSPS) is 11.4. The predicted molar refractivity (Wildman–Crippen MR) is 138 cm³/mol. The Hall–Kier alpha value is -5.05. The number of rotatable bonds is 10. The lowest BCUT2D eigenvalue weighted by molar-refractivity contribution is 0.0491. The number of carbonyl (C=O) groups is 1. The van der Waals surface area contributed by atoms with E-state index in [2.05, 4.69) is 24.9 Å². The van der Waals surface area contributed by atoms with E-state index in [1.807, 2.05) is 0 Å². The van der Waals surface area contributed by atoms with Crippen LogP contribution in [0.3, 0.4) is 0 Å². The third kappa shape index (κ3) is 6.64. The molecule has 4 rings (SSSR count). The molecule has 39 heavy (non-hydrogen) atoms. The van der Waals surface area contributed by atoms with E-state index in [-0.39, 0.29) is 49.3 Å². The number of H-pyrrole nitrogens is 1. The highest BCUT2D eigenvalue weighted by molar-refractivity contribution is 5.59. The molecule has 0 aliphatic carbocycles. The third-order valence-corrected chi connectivity index (χ3v) is 5.62. The fourth-order valence-electron chi connectivity index (χ4n) is 3.89. The number of benzene rings is 2. The van der Waals surface area contributed by atoms with E-state index < -0.39 is 23.6 Å². The molecule has 0 saturated heterocycles. The Bertz CT molecular complexity index is 1530. The molecule has 0 aliphatic rings. The Morgan fingerprint density at radius 2 is 1.90 bits per heavy atom. The van der Waals surface area contributed by atoms with Gasteiger partial charge in [0.05, 0.1) is 19.1 Å². The van der Waals surface area contributed by atoms with Crippen LogP contribution >= 0.6 is 0 Å². The molecular formula is C27H25FN6O5. The summed E-state index contributed by atoms with van der Waals surface area (Å²) in [7, 11) is 0. The Morgan fingerprint density at radius 1 is 1.15 bits per heavy atom. The molecule has 0 radical (unpaired) electrons. The number of halogens is 1. The van der Waals surface area contributed by atoms with Crippen LogP contribution in [0.1, 0.15) is 35.4 Å². The molecule has 2 aromatic heterocycles. The zero-order valence-corrected chi connectivity index (χ0v) is 21.3. The number of nitrogens with zero attached hydrogens (tertiary/aromatic N) is 5. The lowest BCUT2D eigenvalue weighted by Gasteiger charge is -2.19. The maximum absolute atomic E-state index is 15.9. The van der Waals surface area contributed by atoms with Crippen molar-refractivity contribution in [1.29, 1.82) is 0 Å². The summed E-state index contributed by atoms with van der Waals surface area (Å²) < 4.78 is 32.1. The summed E-state index contributed by atoms with van der Waals surface area (Å²) in [5.74, 6) is -1.16. The van der Waals surface area contributed by atoms with Crippen LogP contribution in [0.2, 0.25) is 0 Å². The van der Waals surface area contributed by atoms with Gasteiger partial charge in [0.15, 0.2) is 17.3 Å². The van der Waals surface area contributed by atoms with Crippen molar-refractivity contribution in [3.8, 4) is 11.7 Å². The van der Waals surface area contributed by atoms with Crippen molar-refractivity contribution in [1.82, 2.24) is 24.7 Å². The van der Waals surface area contributed by atoms with Gasteiger partial charge in [0.1, 0.15) is 19.0 Å². The summed E-state index contributed by atoms with van der Waals surface area (Å²) >= 11 is 0. The van der Waals surface area contributed by atoms with Crippen LogP contribution in [-0.2, 0) is 15.9 Å². The molecule has 12 heteroatoms. The van der Waals surface area contributed by atoms with E-state index in [1.54, 1.807) is 50.2 Å². The Labute approximate surface area is 223 Å². The van der Waals surface area contributed by atoms with Crippen molar-refractivity contribution in [2.75, 3.05) is 19.8 Å². The SMILES string of the molecule is [C-]#[N+]c1ccc(CC(c2nn(-c3ncccn3)c(=O)[nH]2)c2cc(C)cc(OCCOC(=O)OCC)c2F)cc1. The number of hydrogen-bond acceptors (Lipinski definition) is 8. The number of aromatic nitrogens is 5. The molecule has 2 heterocycles. The van der Waals surface area contributed by atoms with E-state index in [0.717, 1.165) is 10.2 Å². The van der Waals surface area contributed by atoms with Crippen LogP contribution in [-0.4, -0.2) is 50.7 Å². The highest BCUT2D eigenvalue weighted by atomic mass is 19.1. The molecule has 1 N–H and O–H groups in total. The molecule has 0 amide bonds. The second-order valence-corrected chi connectivity index (χ2v) is 8.36. The second kappa shape index (κ2) is 12.5. The average Bonchev–Trinajstić information content (AvgIpc) is 3.33. The minimum absolute atomic E-state index is 0.0426. The zero-order chi connectivity index (χ0) is 27.8. The fraction of sp³-hybridized carbons (Fsp3) is 0.259. The van der Waals surface area contributed by atoms with Crippen LogP contribution in [0.5, 0.6) is 5.75 Å². The Balaban J connectivity index is 1.69. The summed E-state index contributed by atoms with van der Waals surface area (Å²) in [6.07, 6.45) is 2.38. The summed E-state index contributed by atoms with van der Waals surface area (Å²) in [5, 5.41) is 4.40. The zero-order valence-electron chi connectivity index (χ0n) is 21.3. The van der Waals surface area contributed by atoms with Gasteiger partial charge in [0.2, 0.25) is 0 Å². The summed E-state index contributed by atoms with van der Waals surface area (Å²) in [4.78, 5) is 38.4. The van der Waals surface area contributed by atoms with E-state index in [4.69, 9.17) is 20.8 Å². The lowest BCUT2D eigenvalue weighted by atomic mass is 9.89. The van der Waals surface area contributed by atoms with Crippen LogP contribution in [0.25, 0.3) is 10.8 Å². The first-order valence-electron chi connectivity index (χ1n) is 12.0. The number of ether oxygens (including phenoxy) is 3. The van der Waals surface area contributed by atoms with Gasteiger partial charge in [0, 0.05) is 18.0 Å². The van der Waals surface area contributed by atoms with Gasteiger partial charge in [-0.15, -0.1) is 9.78 Å². The Morgan fingerprint density at radius 3 is 2.59 bits per heavy atom. The number of aromatic amines is 1. The molecule has 1 atom stereocenters. The van der Waals surface area contributed by atoms with Gasteiger partial charge in [-0.1, -0.05) is 30.3 Å². The molecule has 0 bridgehead atoms. The highest BCUT2D eigenvalue weighted by Gasteiger charge is 2.26. The largest absolute Gasteiger partial charge is 0.508 e. The number of aryl methyl sites for hydroxylation is 1. The van der Waals surface area contributed by atoms with Crippen molar-refractivity contribution in [2.24, 2.45) is 0 Å². The van der Waals surface area contributed by atoms with E-state index in [9.17, 15) is 9.59 Å². The topological polar surface area (TPSA) is 126 Å². The first-order valence-corrected chi connectivity index (χ1v) is 12.0. The molecular weight excluding hydrogens is 507 g/mol. The van der Waals surface area contributed by atoms with Crippen molar-refractivity contribution < 1.29 is 23.4 Å². The quantitative estimate of drug-likeness (QED) is 0.182. The van der Waals surface area contributed by atoms with Crippen molar-refractivity contribution >= 4 is 11.8 Å². The fourth-order valence-corrected chi connectivity index (χ4v) is 3.89. The van der Waals surface area contributed by atoms with E-state index in [1.165, 1.54) is 18.5 Å². The first-order chi connectivity index (χ1) is 18.9. The molecule has 11 nitrogen and oxygen atoms in total. The second-order valence-electron chi connectivity index (χ2n) is 8.36. The average molecular weight is 533 g/mol. The number of nitrogens with one attached hydrogen (secondary N) is 1. The van der Waals surface area contributed by atoms with Crippen LogP contribution in [0.15, 0.2) is 59.7 Å². The van der Waals surface area contributed by atoms with Crippen LogP contribution in [0.4, 0.5) is 14.9 Å². The standard InChI is InChI=1S/C27H25FN6O5/c1-4-37-27(36)39-13-12-38-22-15-17(2)14-20(23(22)28)21(16-18-6-8-19(29-3)9-7-18)24-32-26(35)34(33-24)25-30-10-5-11-31-25/h5-11,14-15,21H,4,12-13,16H2,1-2H3,(H,32,33,35). The monoisotopic (exact) mass is 532 g/mol. The molecule has 0 aliphatic heterocycles. The lowest BCUT2D eigenvalue weighted by Crippen LogP contribution is -2.18. The number of hydrogen-bond donors (Lipinski definition) is 1. The summed E-state index contributed by atoms with van der Waals surface area (Å²) in [6, 6.07) is 11.7. The molecule has 0 spiro atoms. The number of carbonyl (C=O) groups excluding carboxylic acids is 1. The maximum atomic E-state index is 15.9. The van der Waals surface area contributed by atoms with Crippen molar-refractivity contribution in [3.63, 3.8) is 0 Å². The summed E-state index contributed by atoms with van der Waals surface area (Å²) in [5.41, 5.74) is 1.63. The minimum Gasteiger partial charge on any atom is -0.487 e. The first kappa shape index (κ1) is 27.0. The molecule has 0 saturated carbocycles. The van der Waals surface area contributed by atoms with Gasteiger partial charge >= 0.3 is 11.8 Å². The highest BCUT2D eigenvalue weighted by Crippen LogP contribution is 2.34. The van der Waals surface area contributed by atoms with Crippen LogP contribution < -0.4 is 10.4 Å². The van der Waals surface area contributed by atoms with Crippen molar-refractivity contribution in [3.05, 3.63) is 105 Å². The molecule has 2 aromatic carbocycles. The van der Waals surface area contributed by atoms with Crippen LogP contribution in [0, 0.1) is 19.3 Å². The van der Waals surface area contributed by atoms with Gasteiger partial charge in [0.25, 0.3) is 5.95 Å². The Kier molecular flexibility index (Phi) is 8.63. The maximum Gasteiger partial charge on any atom is 0.508 e. The van der Waals surface area contributed by atoms with E-state index >= 15 is 4.39 Å². The van der Waals surface area contributed by atoms with Gasteiger partial charge in [-0.25, -0.2) is 28.8 Å². The third-order valence-electron chi connectivity index (χ3n) is 5.62. The molecule has 4 aromatic rings. The van der Waals surface area contributed by atoms with Gasteiger partial charge in [-0.2, -0.15) is 0 Å². The molecule has 0 fully saturated rings. The molecule has 200 valence electrons. The van der Waals surface area contributed by atoms with Crippen molar-refractivity contribution in [2.45, 2.75) is 26.2 Å². The molecule has 1 unspecified atom stereocenters. The smallest absolute Gasteiger partial charge is 0.487 e. The minimum atomic E-state index is -0.835. The van der Waals surface area contributed by atoms with Gasteiger partial charge in [-0.3, -0.25) is 4.98 Å². The van der Waals surface area contributed by atoms with Gasteiger partial charge < -0.3 is 14.2 Å². The summed E-state index contributed by atoms with van der Waals surface area (Å²) in [6.45, 7) is 10.6. The predicted octanol–water partition coefficient (Wildman–Crippen LogP) is 4.28. The van der Waals surface area contributed by atoms with E-state index in [0.29, 0.717) is 11.3 Å².